The van der Waals surface area contributed by atoms with Crippen LogP contribution in [0.2, 0.25) is 0 Å². The van der Waals surface area contributed by atoms with Gasteiger partial charge in [0.15, 0.2) is 0 Å². The molecule has 0 spiro atoms. The minimum absolute atomic E-state index is 0.840. The van der Waals surface area contributed by atoms with Crippen LogP contribution in [-0.2, 0) is 0 Å². The maximum Gasteiger partial charge on any atom is 0.110 e. The summed E-state index contributed by atoms with van der Waals surface area (Å²) in [5.74, 6) is 0. The van der Waals surface area contributed by atoms with Gasteiger partial charge in [0.1, 0.15) is 14.9 Å². The molecule has 0 fully saturated rings. The third kappa shape index (κ3) is 2.51. The molecular weight excluding hydrogens is 236 g/mol. The van der Waals surface area contributed by atoms with Gasteiger partial charge in [0.25, 0.3) is 0 Å². The molecule has 4 heteroatoms. The predicted octanol–water partition coefficient (Wildman–Crippen LogP) is 2.91. The quantitative estimate of drug-likeness (QED) is 0.591. The fraction of sp³-hybridized carbons (Fsp3) is 0.167. The van der Waals surface area contributed by atoms with Gasteiger partial charge in [-0.1, -0.05) is 54.3 Å². The summed E-state index contributed by atoms with van der Waals surface area (Å²) in [6.45, 7) is 0. The van der Waals surface area contributed by atoms with Crippen LogP contribution < -0.4 is 0 Å². The zero-order chi connectivity index (χ0) is 11.5. The van der Waals surface area contributed by atoms with E-state index in [4.69, 9.17) is 12.2 Å². The second-order valence-electron chi connectivity index (χ2n) is 3.65. The third-order valence-corrected chi connectivity index (χ3v) is 3.40. The van der Waals surface area contributed by atoms with Crippen molar-refractivity contribution in [2.75, 3.05) is 14.1 Å². The van der Waals surface area contributed by atoms with Crippen LogP contribution >= 0.6 is 24.0 Å². The van der Waals surface area contributed by atoms with E-state index in [1.165, 1.54) is 0 Å². The first kappa shape index (κ1) is 11.4. The summed E-state index contributed by atoms with van der Waals surface area (Å²) in [6.07, 6.45) is 1.95. The van der Waals surface area contributed by atoms with Gasteiger partial charge in [-0.05, 0) is 0 Å². The van der Waals surface area contributed by atoms with Gasteiger partial charge in [0.2, 0.25) is 0 Å². The van der Waals surface area contributed by atoms with E-state index in [1.807, 2.05) is 55.5 Å². The van der Waals surface area contributed by atoms with E-state index in [1.54, 1.807) is 11.8 Å². The number of rotatable bonds is 2. The number of hydrogen-bond donors (Lipinski definition) is 0. The summed E-state index contributed by atoms with van der Waals surface area (Å²) >= 11 is 6.84. The summed E-state index contributed by atoms with van der Waals surface area (Å²) < 4.78 is 0.840. The van der Waals surface area contributed by atoms with Crippen LogP contribution in [0.4, 0.5) is 0 Å². The molecule has 82 valence electrons. The molecule has 16 heavy (non-hydrogen) atoms. The lowest BCUT2D eigenvalue weighted by Crippen LogP contribution is -2.03. The Labute approximate surface area is 105 Å². The summed E-state index contributed by atoms with van der Waals surface area (Å²) in [6, 6.07) is 10.1. The molecule has 2 nitrogen and oxygen atoms in total. The third-order valence-electron chi connectivity index (χ3n) is 2.02. The van der Waals surface area contributed by atoms with Gasteiger partial charge in [-0.15, -0.1) is 0 Å². The molecule has 0 aromatic heterocycles. The van der Waals surface area contributed by atoms with Crippen LogP contribution in [0.15, 0.2) is 47.2 Å². The normalized spacial score (nSPS) is 17.8. The van der Waals surface area contributed by atoms with Crippen LogP contribution in [0.5, 0.6) is 0 Å². The van der Waals surface area contributed by atoms with E-state index in [0.717, 1.165) is 20.5 Å². The zero-order valence-corrected chi connectivity index (χ0v) is 10.8. The van der Waals surface area contributed by atoms with Gasteiger partial charge in [0.05, 0.1) is 0 Å². The Bertz CT molecular complexity index is 461. The van der Waals surface area contributed by atoms with Crippen LogP contribution in [0.3, 0.4) is 0 Å². The Hall–Kier alpha value is -1.13. The van der Waals surface area contributed by atoms with Gasteiger partial charge < -0.3 is 4.90 Å². The highest BCUT2D eigenvalue weighted by molar-refractivity contribution is 8.34. The van der Waals surface area contributed by atoms with Crippen molar-refractivity contribution in [2.24, 2.45) is 4.99 Å². The van der Waals surface area contributed by atoms with E-state index < -0.39 is 0 Å². The van der Waals surface area contributed by atoms with E-state index in [0.29, 0.717) is 0 Å². The maximum absolute atomic E-state index is 5.29. The molecule has 0 saturated heterocycles. The molecule has 0 bridgehead atoms. The van der Waals surface area contributed by atoms with Crippen molar-refractivity contribution < 1.29 is 0 Å². The van der Waals surface area contributed by atoms with Gasteiger partial charge in [0, 0.05) is 25.9 Å². The molecule has 1 aromatic carbocycles. The molecule has 0 unspecified atom stereocenters. The molecule has 2 rings (SSSR count). The molecule has 1 aliphatic rings. The van der Waals surface area contributed by atoms with E-state index in [2.05, 4.69) is 4.99 Å². The average Bonchev–Trinajstić information content (AvgIpc) is 2.61. The maximum atomic E-state index is 5.29. The number of hydrogen-bond acceptors (Lipinski definition) is 4. The summed E-state index contributed by atoms with van der Waals surface area (Å²) in [4.78, 5) is 6.50. The van der Waals surface area contributed by atoms with Crippen molar-refractivity contribution >= 4 is 33.2 Å². The molecule has 1 heterocycles. The molecule has 1 aliphatic heterocycles. The minimum atomic E-state index is 0.840. The standard InChI is InChI=1S/C12H12N2S2/c1-14(2)8-10-12(15)16-11(13-10)9-6-4-3-5-7-9/h3-8H,1-2H3. The van der Waals surface area contributed by atoms with Crippen LogP contribution in [0, 0.1) is 0 Å². The minimum Gasteiger partial charge on any atom is -0.382 e. The molecule has 1 aromatic rings. The smallest absolute Gasteiger partial charge is 0.110 e. The van der Waals surface area contributed by atoms with Crippen molar-refractivity contribution in [1.29, 1.82) is 0 Å². The second kappa shape index (κ2) is 4.80. The average molecular weight is 248 g/mol. The SMILES string of the molecule is CN(C)C=C1N=C(c2ccccc2)SC1=S. The fourth-order valence-electron chi connectivity index (χ4n) is 1.35. The molecule has 0 atom stereocenters. The Morgan fingerprint density at radius 3 is 2.56 bits per heavy atom. The van der Waals surface area contributed by atoms with E-state index in [-0.39, 0.29) is 0 Å². The largest absolute Gasteiger partial charge is 0.382 e. The highest BCUT2D eigenvalue weighted by Gasteiger charge is 2.19. The van der Waals surface area contributed by atoms with Crippen LogP contribution in [0.25, 0.3) is 0 Å². The number of aliphatic imine (C=N–C) groups is 1. The Morgan fingerprint density at radius 2 is 1.94 bits per heavy atom. The molecular formula is C12H12N2S2. The van der Waals surface area contributed by atoms with E-state index in [9.17, 15) is 0 Å². The molecule has 0 N–H and O–H groups in total. The van der Waals surface area contributed by atoms with Crippen molar-refractivity contribution in [3.8, 4) is 0 Å². The van der Waals surface area contributed by atoms with Crippen molar-refractivity contribution in [3.05, 3.63) is 47.8 Å². The predicted molar refractivity (Wildman–Crippen MR) is 74.9 cm³/mol. The first-order chi connectivity index (χ1) is 7.66. The van der Waals surface area contributed by atoms with Gasteiger partial charge in [-0.2, -0.15) is 0 Å². The fourth-order valence-corrected chi connectivity index (χ4v) is 2.46. The van der Waals surface area contributed by atoms with E-state index >= 15 is 0 Å². The van der Waals surface area contributed by atoms with Crippen molar-refractivity contribution in [3.63, 3.8) is 0 Å². The zero-order valence-electron chi connectivity index (χ0n) is 9.18. The Balaban J connectivity index is 2.30. The Kier molecular flexibility index (Phi) is 3.41. The van der Waals surface area contributed by atoms with Gasteiger partial charge >= 0.3 is 0 Å². The molecule has 0 amide bonds. The highest BCUT2D eigenvalue weighted by Crippen LogP contribution is 2.28. The number of benzene rings is 1. The number of nitrogens with zero attached hydrogens (tertiary/aromatic N) is 2. The summed E-state index contributed by atoms with van der Waals surface area (Å²) in [5, 5.41) is 0.985. The van der Waals surface area contributed by atoms with Gasteiger partial charge in [-0.3, -0.25) is 0 Å². The monoisotopic (exact) mass is 248 g/mol. The number of thiocarbonyl (C=S) groups is 1. The molecule has 0 saturated carbocycles. The lowest BCUT2D eigenvalue weighted by atomic mass is 10.2. The van der Waals surface area contributed by atoms with Gasteiger partial charge in [-0.25, -0.2) is 4.99 Å². The lowest BCUT2D eigenvalue weighted by molar-refractivity contribution is 0.560. The topological polar surface area (TPSA) is 15.6 Å². The van der Waals surface area contributed by atoms with Crippen molar-refractivity contribution in [2.45, 2.75) is 0 Å². The molecule has 0 radical (unpaired) electrons. The first-order valence-corrected chi connectivity index (χ1v) is 6.14. The highest BCUT2D eigenvalue weighted by atomic mass is 32.2. The summed E-state index contributed by atoms with van der Waals surface area (Å²) in [5.41, 5.74) is 2.00. The second-order valence-corrected chi connectivity index (χ2v) is 5.32. The number of thioether (sulfide) groups is 1. The van der Waals surface area contributed by atoms with Crippen LogP contribution in [0.1, 0.15) is 5.56 Å². The van der Waals surface area contributed by atoms with Crippen LogP contribution in [-0.4, -0.2) is 28.2 Å². The Morgan fingerprint density at radius 1 is 1.25 bits per heavy atom. The lowest BCUT2D eigenvalue weighted by Gasteiger charge is -2.04. The van der Waals surface area contributed by atoms with Crippen molar-refractivity contribution in [1.82, 2.24) is 4.90 Å². The first-order valence-electron chi connectivity index (χ1n) is 4.91. The summed E-state index contributed by atoms with van der Waals surface area (Å²) in [7, 11) is 3.94. The molecule has 0 aliphatic carbocycles.